The van der Waals surface area contributed by atoms with E-state index in [1.165, 1.54) is 6.07 Å². The van der Waals surface area contributed by atoms with Crippen LogP contribution in [-0.2, 0) is 12.7 Å². The average Bonchev–Trinajstić information content (AvgIpc) is 3.14. The van der Waals surface area contributed by atoms with Gasteiger partial charge in [0.25, 0.3) is 0 Å². The topological polar surface area (TPSA) is 34.0 Å². The molecule has 0 bridgehead atoms. The van der Waals surface area contributed by atoms with Crippen LogP contribution in [-0.4, -0.2) is 27.9 Å². The summed E-state index contributed by atoms with van der Waals surface area (Å²) in [6, 6.07) is 7.62. The van der Waals surface area contributed by atoms with Crippen molar-refractivity contribution in [2.24, 2.45) is 5.92 Å². The van der Waals surface area contributed by atoms with Crippen LogP contribution in [0, 0.1) is 5.92 Å². The first kappa shape index (κ1) is 16.9. The molecule has 4 rings (SSSR count). The lowest BCUT2D eigenvalue weighted by atomic mass is 9.96. The second-order valence-corrected chi connectivity index (χ2v) is 6.72. The number of anilines is 1. The largest absolute Gasteiger partial charge is 0.416 e. The van der Waals surface area contributed by atoms with Gasteiger partial charge in [-0.15, -0.1) is 0 Å². The monoisotopic (exact) mass is 360 g/mol. The van der Waals surface area contributed by atoms with Crippen LogP contribution < -0.4 is 4.90 Å². The number of aromatic nitrogens is 3. The highest BCUT2D eigenvalue weighted by Gasteiger charge is 2.31. The lowest BCUT2D eigenvalue weighted by Crippen LogP contribution is -2.35. The summed E-state index contributed by atoms with van der Waals surface area (Å²) in [5.74, 6) is 0.566. The first-order valence-electron chi connectivity index (χ1n) is 8.69. The van der Waals surface area contributed by atoms with E-state index in [1.807, 2.05) is 23.0 Å². The fourth-order valence-corrected chi connectivity index (χ4v) is 3.61. The van der Waals surface area contributed by atoms with Gasteiger partial charge in [-0.25, -0.2) is 0 Å². The molecule has 2 aromatic heterocycles. The first-order chi connectivity index (χ1) is 12.5. The second kappa shape index (κ2) is 6.63. The van der Waals surface area contributed by atoms with Crippen molar-refractivity contribution >= 4 is 16.6 Å². The molecule has 0 unspecified atom stereocenters. The molecule has 0 radical (unpaired) electrons. The summed E-state index contributed by atoms with van der Waals surface area (Å²) in [4.78, 5) is 6.38. The molecule has 4 nitrogen and oxygen atoms in total. The maximum absolute atomic E-state index is 12.9. The molecular weight excluding hydrogens is 341 g/mol. The Morgan fingerprint density at radius 3 is 2.58 bits per heavy atom. The van der Waals surface area contributed by atoms with Gasteiger partial charge >= 0.3 is 6.18 Å². The molecule has 0 amide bonds. The Morgan fingerprint density at radius 1 is 1.08 bits per heavy atom. The minimum atomic E-state index is -4.35. The molecule has 7 heteroatoms. The number of nitrogens with zero attached hydrogens (tertiary/aromatic N) is 4. The number of rotatable bonds is 3. The van der Waals surface area contributed by atoms with Gasteiger partial charge in [0.05, 0.1) is 11.1 Å². The zero-order chi connectivity index (χ0) is 18.1. The van der Waals surface area contributed by atoms with Gasteiger partial charge in [0.15, 0.2) is 0 Å². The molecule has 0 atom stereocenters. The molecule has 1 fully saturated rings. The zero-order valence-electron chi connectivity index (χ0n) is 14.2. The molecule has 3 heterocycles. The summed E-state index contributed by atoms with van der Waals surface area (Å²) in [6.07, 6.45) is 3.06. The van der Waals surface area contributed by atoms with Crippen LogP contribution in [0.4, 0.5) is 18.9 Å². The van der Waals surface area contributed by atoms with Crippen molar-refractivity contribution in [3.05, 3.63) is 54.5 Å². The first-order valence-corrected chi connectivity index (χ1v) is 8.69. The molecule has 26 heavy (non-hydrogen) atoms. The third kappa shape index (κ3) is 3.38. The SMILES string of the molecule is FC(F)(F)c1ccc2c(N3CCC(Cn4cccn4)CC3)ccnc2c1. The summed E-state index contributed by atoms with van der Waals surface area (Å²) in [7, 11) is 0. The molecular formula is C19H19F3N4. The number of hydrogen-bond acceptors (Lipinski definition) is 3. The highest BCUT2D eigenvalue weighted by molar-refractivity contribution is 5.92. The maximum atomic E-state index is 12.9. The van der Waals surface area contributed by atoms with E-state index in [9.17, 15) is 13.2 Å². The van der Waals surface area contributed by atoms with E-state index in [4.69, 9.17) is 0 Å². The van der Waals surface area contributed by atoms with Gasteiger partial charge in [-0.3, -0.25) is 9.67 Å². The van der Waals surface area contributed by atoms with E-state index in [0.717, 1.165) is 55.7 Å². The quantitative estimate of drug-likeness (QED) is 0.696. The lowest BCUT2D eigenvalue weighted by molar-refractivity contribution is -0.137. The molecule has 1 aromatic carbocycles. The predicted octanol–water partition coefficient (Wildman–Crippen LogP) is 4.37. The Morgan fingerprint density at radius 2 is 1.88 bits per heavy atom. The number of pyridine rings is 1. The Kier molecular flexibility index (Phi) is 4.30. The van der Waals surface area contributed by atoms with Crippen LogP contribution in [0.2, 0.25) is 0 Å². The van der Waals surface area contributed by atoms with Crippen LogP contribution in [0.5, 0.6) is 0 Å². The van der Waals surface area contributed by atoms with Crippen molar-refractivity contribution in [2.45, 2.75) is 25.6 Å². The van der Waals surface area contributed by atoms with Crippen LogP contribution in [0.3, 0.4) is 0 Å². The maximum Gasteiger partial charge on any atom is 0.416 e. The van der Waals surface area contributed by atoms with Gasteiger partial charge in [-0.2, -0.15) is 18.3 Å². The van der Waals surface area contributed by atoms with E-state index >= 15 is 0 Å². The molecule has 0 N–H and O–H groups in total. The number of halogens is 3. The summed E-state index contributed by atoms with van der Waals surface area (Å²) in [6.45, 7) is 2.67. The Balaban J connectivity index is 1.52. The number of alkyl halides is 3. The third-order valence-corrected chi connectivity index (χ3v) is 5.01. The summed E-state index contributed by atoms with van der Waals surface area (Å²) >= 11 is 0. The summed E-state index contributed by atoms with van der Waals surface area (Å²) < 4.78 is 40.7. The summed E-state index contributed by atoms with van der Waals surface area (Å²) in [5, 5.41) is 5.03. The van der Waals surface area contributed by atoms with Gasteiger partial charge in [0.1, 0.15) is 0 Å². The smallest absolute Gasteiger partial charge is 0.371 e. The minimum Gasteiger partial charge on any atom is -0.371 e. The summed E-state index contributed by atoms with van der Waals surface area (Å²) in [5.41, 5.74) is 0.685. The molecule has 0 spiro atoms. The van der Waals surface area contributed by atoms with Crippen molar-refractivity contribution in [2.75, 3.05) is 18.0 Å². The molecule has 0 aliphatic carbocycles. The third-order valence-electron chi connectivity index (χ3n) is 5.01. The minimum absolute atomic E-state index is 0.385. The zero-order valence-corrected chi connectivity index (χ0v) is 14.2. The predicted molar refractivity (Wildman–Crippen MR) is 93.9 cm³/mol. The van der Waals surface area contributed by atoms with Gasteiger partial charge in [0, 0.05) is 49.3 Å². The van der Waals surface area contributed by atoms with Crippen LogP contribution in [0.1, 0.15) is 18.4 Å². The van der Waals surface area contributed by atoms with Crippen LogP contribution in [0.15, 0.2) is 48.9 Å². The van der Waals surface area contributed by atoms with Crippen LogP contribution in [0.25, 0.3) is 10.9 Å². The number of fused-ring (bicyclic) bond motifs is 1. The highest BCUT2D eigenvalue weighted by Crippen LogP contribution is 2.34. The van der Waals surface area contributed by atoms with Crippen molar-refractivity contribution in [1.29, 1.82) is 0 Å². The number of hydrogen-bond donors (Lipinski definition) is 0. The molecule has 3 aromatic rings. The molecule has 1 aliphatic rings. The van der Waals surface area contributed by atoms with E-state index in [1.54, 1.807) is 12.4 Å². The second-order valence-electron chi connectivity index (χ2n) is 6.72. The number of benzene rings is 1. The van der Waals surface area contributed by atoms with E-state index in [0.29, 0.717) is 11.4 Å². The van der Waals surface area contributed by atoms with Gasteiger partial charge < -0.3 is 4.90 Å². The Bertz CT molecular complexity index is 881. The van der Waals surface area contributed by atoms with E-state index in [-0.39, 0.29) is 0 Å². The van der Waals surface area contributed by atoms with Gasteiger partial charge in [0.2, 0.25) is 0 Å². The Labute approximate surface area is 149 Å². The molecule has 1 saturated heterocycles. The molecule has 0 saturated carbocycles. The normalized spacial score (nSPS) is 16.3. The fraction of sp³-hybridized carbons (Fsp3) is 0.368. The van der Waals surface area contributed by atoms with Gasteiger partial charge in [-0.05, 0) is 43.0 Å². The number of piperidine rings is 1. The Hall–Kier alpha value is -2.57. The van der Waals surface area contributed by atoms with Crippen molar-refractivity contribution in [1.82, 2.24) is 14.8 Å². The van der Waals surface area contributed by atoms with Crippen molar-refractivity contribution < 1.29 is 13.2 Å². The van der Waals surface area contributed by atoms with Crippen molar-refractivity contribution in [3.63, 3.8) is 0 Å². The van der Waals surface area contributed by atoms with Crippen LogP contribution >= 0.6 is 0 Å². The average molecular weight is 360 g/mol. The lowest BCUT2D eigenvalue weighted by Gasteiger charge is -2.34. The van der Waals surface area contributed by atoms with Gasteiger partial charge in [-0.1, -0.05) is 6.07 Å². The molecule has 1 aliphatic heterocycles. The highest BCUT2D eigenvalue weighted by atomic mass is 19.4. The standard InChI is InChI=1S/C19H19F3N4/c20-19(21,22)15-2-3-16-17(12-15)23-8-4-18(16)25-10-5-14(6-11-25)13-26-9-1-7-24-26/h1-4,7-9,12,14H,5-6,10-11,13H2. The van der Waals surface area contributed by atoms with E-state index < -0.39 is 11.7 Å². The van der Waals surface area contributed by atoms with E-state index in [2.05, 4.69) is 15.0 Å². The molecule has 136 valence electrons. The fourth-order valence-electron chi connectivity index (χ4n) is 3.61. The van der Waals surface area contributed by atoms with Crippen molar-refractivity contribution in [3.8, 4) is 0 Å².